The van der Waals surface area contributed by atoms with E-state index in [0.717, 1.165) is 0 Å². The van der Waals surface area contributed by atoms with Gasteiger partial charge in [-0.3, -0.25) is 4.79 Å². The SMILES string of the molecule is COc1ccc(OC)c(NC(=O)c2ccc(Cl)c(S(=O)(=O)NC(C)(C)C)c2)c1. The highest BCUT2D eigenvalue weighted by molar-refractivity contribution is 7.89. The van der Waals surface area contributed by atoms with Gasteiger partial charge in [-0.05, 0) is 51.1 Å². The van der Waals surface area contributed by atoms with Gasteiger partial charge in [-0.15, -0.1) is 0 Å². The molecule has 0 atom stereocenters. The lowest BCUT2D eigenvalue weighted by Gasteiger charge is -2.21. The van der Waals surface area contributed by atoms with Crippen LogP contribution in [-0.2, 0) is 10.0 Å². The maximum atomic E-state index is 12.7. The van der Waals surface area contributed by atoms with E-state index in [0.29, 0.717) is 17.2 Å². The van der Waals surface area contributed by atoms with Gasteiger partial charge < -0.3 is 14.8 Å². The molecule has 152 valence electrons. The molecule has 0 unspecified atom stereocenters. The summed E-state index contributed by atoms with van der Waals surface area (Å²) in [5.74, 6) is 0.450. The van der Waals surface area contributed by atoms with Crippen LogP contribution in [0.5, 0.6) is 11.5 Å². The first-order chi connectivity index (χ1) is 13.0. The molecule has 0 fully saturated rings. The van der Waals surface area contributed by atoms with E-state index in [1.54, 1.807) is 39.0 Å². The number of hydrogen-bond acceptors (Lipinski definition) is 5. The molecule has 1 amide bonds. The van der Waals surface area contributed by atoms with Crippen LogP contribution >= 0.6 is 11.6 Å². The van der Waals surface area contributed by atoms with Crippen LogP contribution in [0.2, 0.25) is 5.02 Å². The van der Waals surface area contributed by atoms with Gasteiger partial charge in [0.2, 0.25) is 10.0 Å². The monoisotopic (exact) mass is 426 g/mol. The van der Waals surface area contributed by atoms with E-state index >= 15 is 0 Å². The number of benzene rings is 2. The van der Waals surface area contributed by atoms with Gasteiger partial charge in [0.25, 0.3) is 5.91 Å². The predicted molar refractivity (Wildman–Crippen MR) is 109 cm³/mol. The lowest BCUT2D eigenvalue weighted by atomic mass is 10.1. The average Bonchev–Trinajstić information content (AvgIpc) is 2.59. The van der Waals surface area contributed by atoms with Crippen molar-refractivity contribution in [3.05, 3.63) is 47.0 Å². The highest BCUT2D eigenvalue weighted by Crippen LogP contribution is 2.30. The molecule has 7 nitrogen and oxygen atoms in total. The molecular weight excluding hydrogens is 404 g/mol. The molecule has 0 bridgehead atoms. The molecule has 0 saturated heterocycles. The number of carbonyl (C=O) groups excluding carboxylic acids is 1. The van der Waals surface area contributed by atoms with Crippen LogP contribution in [0.4, 0.5) is 5.69 Å². The van der Waals surface area contributed by atoms with E-state index < -0.39 is 21.5 Å². The van der Waals surface area contributed by atoms with Crippen LogP contribution in [0.3, 0.4) is 0 Å². The van der Waals surface area contributed by atoms with E-state index in [1.807, 2.05) is 0 Å². The van der Waals surface area contributed by atoms with Crippen molar-refractivity contribution < 1.29 is 22.7 Å². The van der Waals surface area contributed by atoms with E-state index in [9.17, 15) is 13.2 Å². The Morgan fingerprint density at radius 1 is 1.04 bits per heavy atom. The molecule has 2 N–H and O–H groups in total. The summed E-state index contributed by atoms with van der Waals surface area (Å²) in [6, 6.07) is 9.00. The van der Waals surface area contributed by atoms with Crippen molar-refractivity contribution in [2.75, 3.05) is 19.5 Å². The zero-order chi connectivity index (χ0) is 21.1. The summed E-state index contributed by atoms with van der Waals surface area (Å²) in [4.78, 5) is 12.5. The van der Waals surface area contributed by atoms with E-state index in [4.69, 9.17) is 21.1 Å². The molecule has 0 aliphatic heterocycles. The Kier molecular flexibility index (Phi) is 6.59. The van der Waals surface area contributed by atoms with Crippen LogP contribution in [0, 0.1) is 0 Å². The van der Waals surface area contributed by atoms with Crippen molar-refractivity contribution >= 4 is 33.2 Å². The van der Waals surface area contributed by atoms with Crippen LogP contribution in [0.15, 0.2) is 41.3 Å². The first-order valence-corrected chi connectivity index (χ1v) is 10.2. The first kappa shape index (κ1) is 22.0. The molecular formula is C19H23ClN2O5S. The van der Waals surface area contributed by atoms with Gasteiger partial charge in [0, 0.05) is 17.2 Å². The second kappa shape index (κ2) is 8.38. The van der Waals surface area contributed by atoms with Gasteiger partial charge >= 0.3 is 0 Å². The summed E-state index contributed by atoms with van der Waals surface area (Å²) in [5.41, 5.74) is -0.184. The van der Waals surface area contributed by atoms with Gasteiger partial charge in [-0.25, -0.2) is 13.1 Å². The van der Waals surface area contributed by atoms with Crippen LogP contribution < -0.4 is 19.5 Å². The predicted octanol–water partition coefficient (Wildman–Crippen LogP) is 3.69. The molecule has 0 heterocycles. The lowest BCUT2D eigenvalue weighted by molar-refractivity contribution is 0.102. The number of nitrogens with one attached hydrogen (secondary N) is 2. The fraction of sp³-hybridized carbons (Fsp3) is 0.316. The topological polar surface area (TPSA) is 93.7 Å². The number of ether oxygens (including phenoxy) is 2. The van der Waals surface area contributed by atoms with E-state index in [1.165, 1.54) is 32.4 Å². The minimum Gasteiger partial charge on any atom is -0.497 e. The van der Waals surface area contributed by atoms with Gasteiger partial charge in [0.1, 0.15) is 16.4 Å². The zero-order valence-electron chi connectivity index (χ0n) is 16.3. The molecule has 0 aromatic heterocycles. The normalized spacial score (nSPS) is 11.8. The Morgan fingerprint density at radius 2 is 1.71 bits per heavy atom. The van der Waals surface area contributed by atoms with Crippen molar-refractivity contribution in [3.8, 4) is 11.5 Å². The molecule has 2 aromatic carbocycles. The van der Waals surface area contributed by atoms with Crippen LogP contribution in [-0.4, -0.2) is 34.1 Å². The second-order valence-corrected chi connectivity index (χ2v) is 9.08. The number of amides is 1. The van der Waals surface area contributed by atoms with Crippen molar-refractivity contribution in [2.45, 2.75) is 31.2 Å². The van der Waals surface area contributed by atoms with Crippen molar-refractivity contribution in [1.82, 2.24) is 4.72 Å². The molecule has 9 heteroatoms. The van der Waals surface area contributed by atoms with Gasteiger partial charge in [0.15, 0.2) is 0 Å². The van der Waals surface area contributed by atoms with Crippen molar-refractivity contribution in [1.29, 1.82) is 0 Å². The second-order valence-electron chi connectivity index (χ2n) is 7.02. The molecule has 28 heavy (non-hydrogen) atoms. The van der Waals surface area contributed by atoms with Gasteiger partial charge in [0.05, 0.1) is 24.9 Å². The zero-order valence-corrected chi connectivity index (χ0v) is 17.9. The number of anilines is 1. The Bertz CT molecular complexity index is 984. The summed E-state index contributed by atoms with van der Waals surface area (Å²) < 4.78 is 38.2. The Labute approximate surface area is 170 Å². The first-order valence-electron chi connectivity index (χ1n) is 8.34. The minimum atomic E-state index is -3.91. The number of carbonyl (C=O) groups is 1. The van der Waals surface area contributed by atoms with Crippen LogP contribution in [0.1, 0.15) is 31.1 Å². The minimum absolute atomic E-state index is 0.0206. The van der Waals surface area contributed by atoms with E-state index in [-0.39, 0.29) is 15.5 Å². The lowest BCUT2D eigenvalue weighted by Crippen LogP contribution is -2.40. The fourth-order valence-corrected chi connectivity index (χ4v) is 4.36. The molecule has 0 spiro atoms. The number of hydrogen-bond donors (Lipinski definition) is 2. The molecule has 0 aliphatic rings. The Hall–Kier alpha value is -2.29. The quantitative estimate of drug-likeness (QED) is 0.734. The largest absolute Gasteiger partial charge is 0.497 e. The number of sulfonamides is 1. The number of methoxy groups -OCH3 is 2. The summed E-state index contributed by atoms with van der Waals surface area (Å²) in [5, 5.41) is 2.72. The van der Waals surface area contributed by atoms with Gasteiger partial charge in [-0.1, -0.05) is 11.6 Å². The highest BCUT2D eigenvalue weighted by atomic mass is 35.5. The number of rotatable bonds is 6. The Balaban J connectivity index is 2.38. The van der Waals surface area contributed by atoms with Gasteiger partial charge in [-0.2, -0.15) is 0 Å². The molecule has 0 saturated carbocycles. The number of halogens is 1. The third-order valence-electron chi connectivity index (χ3n) is 3.58. The molecule has 2 aromatic rings. The summed E-state index contributed by atoms with van der Waals surface area (Å²) in [6.45, 7) is 5.14. The molecule has 0 aliphatic carbocycles. The average molecular weight is 427 g/mol. The van der Waals surface area contributed by atoms with E-state index in [2.05, 4.69) is 10.0 Å². The third kappa shape index (κ3) is 5.37. The summed E-state index contributed by atoms with van der Waals surface area (Å²) >= 11 is 6.07. The smallest absolute Gasteiger partial charge is 0.255 e. The maximum absolute atomic E-state index is 12.7. The van der Waals surface area contributed by atoms with Crippen molar-refractivity contribution in [2.24, 2.45) is 0 Å². The maximum Gasteiger partial charge on any atom is 0.255 e. The fourth-order valence-electron chi connectivity index (χ4n) is 2.41. The van der Waals surface area contributed by atoms with Crippen molar-refractivity contribution in [3.63, 3.8) is 0 Å². The molecule has 2 rings (SSSR count). The summed E-state index contributed by atoms with van der Waals surface area (Å²) in [7, 11) is -0.927. The third-order valence-corrected chi connectivity index (χ3v) is 5.82. The van der Waals surface area contributed by atoms with Crippen LogP contribution in [0.25, 0.3) is 0 Å². The highest BCUT2D eigenvalue weighted by Gasteiger charge is 2.25. The standard InChI is InChI=1S/C19H23ClN2O5S/c1-19(2,3)22-28(24,25)17-10-12(6-8-14(17)20)18(23)21-15-11-13(26-4)7-9-16(15)27-5/h6-11,22H,1-5H3,(H,21,23). The Morgan fingerprint density at radius 3 is 2.29 bits per heavy atom. The summed E-state index contributed by atoms with van der Waals surface area (Å²) in [6.07, 6.45) is 0. The molecule has 0 radical (unpaired) electrons.